The summed E-state index contributed by atoms with van der Waals surface area (Å²) in [7, 11) is 0. The van der Waals surface area contributed by atoms with Crippen LogP contribution in [0.15, 0.2) is 11.6 Å². The molecule has 1 N–H and O–H groups in total. The van der Waals surface area contributed by atoms with Crippen LogP contribution in [0.5, 0.6) is 0 Å². The van der Waals surface area contributed by atoms with Crippen LogP contribution in [-0.4, -0.2) is 11.1 Å². The van der Waals surface area contributed by atoms with E-state index in [2.05, 4.69) is 26.8 Å². The minimum atomic E-state index is -0.631. The molecule has 92 valence electrons. The highest BCUT2D eigenvalue weighted by atomic mass is 16.4. The SMILES string of the molecule is CCCCC1(C)CC(C)=CCC(C(=O)O)C1. The van der Waals surface area contributed by atoms with E-state index >= 15 is 0 Å². The standard InChI is InChI=1S/C14H24O2/c1-4-5-8-14(3)9-11(2)6-7-12(10-14)13(15)16/h6,12H,4-5,7-10H2,1-3H3,(H,15,16). The van der Waals surface area contributed by atoms with Gasteiger partial charge in [0.15, 0.2) is 0 Å². The molecule has 0 saturated heterocycles. The molecule has 0 bridgehead atoms. The summed E-state index contributed by atoms with van der Waals surface area (Å²) in [6, 6.07) is 0. The van der Waals surface area contributed by atoms with Crippen molar-refractivity contribution in [2.75, 3.05) is 0 Å². The Morgan fingerprint density at radius 1 is 1.62 bits per heavy atom. The Kier molecular flexibility index (Phi) is 4.57. The molecule has 1 rings (SSSR count). The summed E-state index contributed by atoms with van der Waals surface area (Å²) in [5.41, 5.74) is 1.55. The first-order valence-corrected chi connectivity index (χ1v) is 6.35. The summed E-state index contributed by atoms with van der Waals surface area (Å²) in [6.45, 7) is 6.58. The van der Waals surface area contributed by atoms with Gasteiger partial charge in [-0.1, -0.05) is 38.3 Å². The molecular weight excluding hydrogens is 200 g/mol. The minimum absolute atomic E-state index is 0.181. The molecule has 1 aliphatic rings. The van der Waals surface area contributed by atoms with Crippen LogP contribution in [-0.2, 0) is 4.79 Å². The first kappa shape index (κ1) is 13.3. The minimum Gasteiger partial charge on any atom is -0.481 e. The molecule has 0 spiro atoms. The van der Waals surface area contributed by atoms with Gasteiger partial charge in [0.25, 0.3) is 0 Å². The van der Waals surface area contributed by atoms with Crippen molar-refractivity contribution in [3.63, 3.8) is 0 Å². The van der Waals surface area contributed by atoms with Crippen molar-refractivity contribution in [3.8, 4) is 0 Å². The van der Waals surface area contributed by atoms with Crippen molar-refractivity contribution < 1.29 is 9.90 Å². The topological polar surface area (TPSA) is 37.3 Å². The number of rotatable bonds is 4. The van der Waals surface area contributed by atoms with Crippen LogP contribution in [0.2, 0.25) is 0 Å². The number of allylic oxidation sites excluding steroid dienone is 2. The van der Waals surface area contributed by atoms with Crippen LogP contribution in [0.1, 0.15) is 59.3 Å². The lowest BCUT2D eigenvalue weighted by Gasteiger charge is -2.30. The Balaban J connectivity index is 2.75. The van der Waals surface area contributed by atoms with Crippen LogP contribution in [0, 0.1) is 11.3 Å². The van der Waals surface area contributed by atoms with Gasteiger partial charge in [0.2, 0.25) is 0 Å². The fourth-order valence-electron chi connectivity index (χ4n) is 2.82. The zero-order valence-corrected chi connectivity index (χ0v) is 10.8. The predicted octanol–water partition coefficient (Wildman–Crippen LogP) is 4.01. The quantitative estimate of drug-likeness (QED) is 0.732. The molecule has 0 heterocycles. The number of carboxylic acid groups (broad SMARTS) is 1. The van der Waals surface area contributed by atoms with Gasteiger partial charge in [0.05, 0.1) is 5.92 Å². The Morgan fingerprint density at radius 3 is 2.88 bits per heavy atom. The summed E-state index contributed by atoms with van der Waals surface area (Å²) >= 11 is 0. The largest absolute Gasteiger partial charge is 0.481 e. The van der Waals surface area contributed by atoms with Gasteiger partial charge in [-0.3, -0.25) is 4.79 Å². The van der Waals surface area contributed by atoms with Gasteiger partial charge in [-0.2, -0.15) is 0 Å². The number of unbranched alkanes of at least 4 members (excludes halogenated alkanes) is 1. The maximum atomic E-state index is 11.1. The van der Waals surface area contributed by atoms with E-state index in [1.54, 1.807) is 0 Å². The third-order valence-corrected chi connectivity index (χ3v) is 3.68. The molecule has 0 radical (unpaired) electrons. The third-order valence-electron chi connectivity index (χ3n) is 3.68. The Hall–Kier alpha value is -0.790. The Bertz CT molecular complexity index is 280. The molecular formula is C14H24O2. The average molecular weight is 224 g/mol. The van der Waals surface area contributed by atoms with E-state index in [4.69, 9.17) is 0 Å². The van der Waals surface area contributed by atoms with Crippen LogP contribution in [0.25, 0.3) is 0 Å². The summed E-state index contributed by atoms with van der Waals surface area (Å²) in [4.78, 5) is 11.1. The molecule has 0 saturated carbocycles. The smallest absolute Gasteiger partial charge is 0.306 e. The zero-order chi connectivity index (χ0) is 12.2. The number of hydrogen-bond donors (Lipinski definition) is 1. The molecule has 16 heavy (non-hydrogen) atoms. The van der Waals surface area contributed by atoms with E-state index in [1.165, 1.54) is 18.4 Å². The maximum absolute atomic E-state index is 11.1. The second-order valence-corrected chi connectivity index (χ2v) is 5.62. The van der Waals surface area contributed by atoms with Gasteiger partial charge in [-0.05, 0) is 38.0 Å². The van der Waals surface area contributed by atoms with Gasteiger partial charge in [-0.15, -0.1) is 0 Å². The van der Waals surface area contributed by atoms with Crippen LogP contribution in [0.3, 0.4) is 0 Å². The third kappa shape index (κ3) is 3.66. The highest BCUT2D eigenvalue weighted by Gasteiger charge is 2.32. The number of aliphatic carboxylic acids is 1. The Labute approximate surface area is 98.7 Å². The van der Waals surface area contributed by atoms with Gasteiger partial charge in [-0.25, -0.2) is 0 Å². The lowest BCUT2D eigenvalue weighted by Crippen LogP contribution is -2.24. The van der Waals surface area contributed by atoms with E-state index in [1.807, 2.05) is 0 Å². The van der Waals surface area contributed by atoms with E-state index in [9.17, 15) is 9.90 Å². The first-order valence-electron chi connectivity index (χ1n) is 6.35. The molecule has 0 amide bonds. The normalized spacial score (nSPS) is 30.7. The summed E-state index contributed by atoms with van der Waals surface area (Å²) < 4.78 is 0. The highest BCUT2D eigenvalue weighted by Crippen LogP contribution is 2.41. The van der Waals surface area contributed by atoms with E-state index in [-0.39, 0.29) is 11.3 Å². The molecule has 0 aromatic rings. The lowest BCUT2D eigenvalue weighted by molar-refractivity contribution is -0.142. The van der Waals surface area contributed by atoms with Crippen LogP contribution in [0.4, 0.5) is 0 Å². The maximum Gasteiger partial charge on any atom is 0.306 e. The fraction of sp³-hybridized carbons (Fsp3) is 0.786. The van der Waals surface area contributed by atoms with Crippen molar-refractivity contribution in [3.05, 3.63) is 11.6 Å². The molecule has 0 aromatic heterocycles. The van der Waals surface area contributed by atoms with Crippen molar-refractivity contribution in [2.45, 2.75) is 59.3 Å². The monoisotopic (exact) mass is 224 g/mol. The van der Waals surface area contributed by atoms with Gasteiger partial charge in [0.1, 0.15) is 0 Å². The molecule has 2 atom stereocenters. The van der Waals surface area contributed by atoms with Gasteiger partial charge >= 0.3 is 5.97 Å². The van der Waals surface area contributed by atoms with Crippen LogP contribution < -0.4 is 0 Å². The molecule has 2 heteroatoms. The van der Waals surface area contributed by atoms with E-state index in [0.717, 1.165) is 19.3 Å². The Morgan fingerprint density at radius 2 is 2.31 bits per heavy atom. The molecule has 0 aliphatic heterocycles. The first-order chi connectivity index (χ1) is 7.47. The van der Waals surface area contributed by atoms with Crippen molar-refractivity contribution in [1.82, 2.24) is 0 Å². The van der Waals surface area contributed by atoms with Crippen molar-refractivity contribution >= 4 is 5.97 Å². The second kappa shape index (κ2) is 5.51. The lowest BCUT2D eigenvalue weighted by atomic mass is 9.74. The zero-order valence-electron chi connectivity index (χ0n) is 10.8. The van der Waals surface area contributed by atoms with Crippen molar-refractivity contribution in [2.24, 2.45) is 11.3 Å². The highest BCUT2D eigenvalue weighted by molar-refractivity contribution is 5.70. The van der Waals surface area contributed by atoms with E-state index in [0.29, 0.717) is 6.42 Å². The summed E-state index contributed by atoms with van der Waals surface area (Å²) in [5.74, 6) is -0.812. The summed E-state index contributed by atoms with van der Waals surface area (Å²) in [6.07, 6.45) is 8.27. The molecule has 0 aromatic carbocycles. The molecule has 0 fully saturated rings. The molecule has 2 nitrogen and oxygen atoms in total. The van der Waals surface area contributed by atoms with Crippen molar-refractivity contribution in [1.29, 1.82) is 0 Å². The summed E-state index contributed by atoms with van der Waals surface area (Å²) in [5, 5.41) is 9.18. The second-order valence-electron chi connectivity index (χ2n) is 5.62. The molecule has 2 unspecified atom stereocenters. The number of hydrogen-bond acceptors (Lipinski definition) is 1. The number of carbonyl (C=O) groups is 1. The number of carboxylic acids is 1. The van der Waals surface area contributed by atoms with Crippen LogP contribution >= 0.6 is 0 Å². The fourth-order valence-corrected chi connectivity index (χ4v) is 2.82. The predicted molar refractivity (Wildman–Crippen MR) is 66.4 cm³/mol. The molecule has 1 aliphatic carbocycles. The van der Waals surface area contributed by atoms with Gasteiger partial charge < -0.3 is 5.11 Å². The van der Waals surface area contributed by atoms with E-state index < -0.39 is 5.97 Å². The van der Waals surface area contributed by atoms with Gasteiger partial charge in [0, 0.05) is 0 Å². The average Bonchev–Trinajstić information content (AvgIpc) is 2.35.